The maximum absolute atomic E-state index is 8.93. The zero-order valence-corrected chi connectivity index (χ0v) is 7.83. The van der Waals surface area contributed by atoms with Gasteiger partial charge in [-0.05, 0) is 38.1 Å². The second kappa shape index (κ2) is 4.08. The number of ether oxygens (including phenoxy) is 1. The van der Waals surface area contributed by atoms with Gasteiger partial charge in [-0.25, -0.2) is 0 Å². The van der Waals surface area contributed by atoms with Crippen LogP contribution in [0.3, 0.4) is 0 Å². The van der Waals surface area contributed by atoms with E-state index >= 15 is 0 Å². The van der Waals surface area contributed by atoms with Gasteiger partial charge in [0.2, 0.25) is 0 Å². The minimum absolute atomic E-state index is 0.0805. The molecule has 2 rings (SSSR count). The first-order chi connectivity index (χ1) is 6.40. The lowest BCUT2D eigenvalue weighted by Crippen LogP contribution is -2.39. The van der Waals surface area contributed by atoms with Crippen molar-refractivity contribution in [1.82, 2.24) is 5.32 Å². The minimum atomic E-state index is -0.0805. The number of rotatable bonds is 4. The fourth-order valence-corrected chi connectivity index (χ4v) is 1.74. The third-order valence-electron chi connectivity index (χ3n) is 2.80. The van der Waals surface area contributed by atoms with Crippen molar-refractivity contribution in [3.05, 3.63) is 0 Å². The van der Waals surface area contributed by atoms with Crippen LogP contribution in [0.15, 0.2) is 0 Å². The summed E-state index contributed by atoms with van der Waals surface area (Å²) in [5.41, 5.74) is 0. The molecule has 1 N–H and O–H groups in total. The number of hydrogen-bond donors (Lipinski definition) is 1. The van der Waals surface area contributed by atoms with Gasteiger partial charge in [0.05, 0.1) is 12.2 Å². The second-order valence-electron chi connectivity index (χ2n) is 4.01. The normalized spacial score (nSPS) is 29.9. The molecule has 0 aromatic carbocycles. The summed E-state index contributed by atoms with van der Waals surface area (Å²) in [6.07, 6.45) is 4.95. The Bertz CT molecular complexity index is 201. The Hall–Kier alpha value is -0.590. The van der Waals surface area contributed by atoms with Crippen LogP contribution in [-0.2, 0) is 4.74 Å². The molecule has 1 aliphatic carbocycles. The number of hydrogen-bond acceptors (Lipinski definition) is 3. The fraction of sp³-hybridized carbons (Fsp3) is 0.900. The maximum Gasteiger partial charge on any atom is 0.122 e. The fourth-order valence-electron chi connectivity index (χ4n) is 1.74. The molecule has 0 spiro atoms. The van der Waals surface area contributed by atoms with E-state index in [0.717, 1.165) is 31.9 Å². The topological polar surface area (TPSA) is 45.0 Å². The molecular weight excluding hydrogens is 164 g/mol. The molecule has 3 nitrogen and oxygen atoms in total. The van der Waals surface area contributed by atoms with Crippen molar-refractivity contribution in [2.24, 2.45) is 5.92 Å². The Morgan fingerprint density at radius 1 is 1.46 bits per heavy atom. The molecule has 0 aromatic rings. The molecule has 2 unspecified atom stereocenters. The van der Waals surface area contributed by atoms with Crippen LogP contribution in [0.1, 0.15) is 25.7 Å². The van der Waals surface area contributed by atoms with Gasteiger partial charge in [-0.2, -0.15) is 5.26 Å². The first-order valence-corrected chi connectivity index (χ1v) is 5.15. The van der Waals surface area contributed by atoms with Gasteiger partial charge >= 0.3 is 0 Å². The van der Waals surface area contributed by atoms with Gasteiger partial charge in [0.1, 0.15) is 6.04 Å². The van der Waals surface area contributed by atoms with E-state index in [4.69, 9.17) is 10.00 Å². The second-order valence-corrected chi connectivity index (χ2v) is 4.01. The van der Waals surface area contributed by atoms with Crippen molar-refractivity contribution >= 4 is 0 Å². The molecule has 1 heterocycles. The highest BCUT2D eigenvalue weighted by Crippen LogP contribution is 2.28. The van der Waals surface area contributed by atoms with Gasteiger partial charge in [-0.1, -0.05) is 0 Å². The van der Waals surface area contributed by atoms with Crippen LogP contribution in [0.25, 0.3) is 0 Å². The van der Waals surface area contributed by atoms with Crippen LogP contribution in [0, 0.1) is 17.2 Å². The number of nitrogens with zero attached hydrogens (tertiary/aromatic N) is 1. The van der Waals surface area contributed by atoms with Crippen LogP contribution in [0.5, 0.6) is 0 Å². The molecule has 1 saturated carbocycles. The van der Waals surface area contributed by atoms with E-state index in [2.05, 4.69) is 11.4 Å². The van der Waals surface area contributed by atoms with Crippen molar-refractivity contribution in [3.63, 3.8) is 0 Å². The Morgan fingerprint density at radius 2 is 2.31 bits per heavy atom. The monoisotopic (exact) mass is 180 g/mol. The van der Waals surface area contributed by atoms with E-state index in [1.54, 1.807) is 0 Å². The van der Waals surface area contributed by atoms with Gasteiger partial charge in [0.25, 0.3) is 0 Å². The van der Waals surface area contributed by atoms with E-state index in [0.29, 0.717) is 0 Å². The molecule has 2 aliphatic rings. The lowest BCUT2D eigenvalue weighted by Gasteiger charge is -2.17. The highest BCUT2D eigenvalue weighted by Gasteiger charge is 2.28. The predicted octanol–water partition coefficient (Wildman–Crippen LogP) is 1.06. The molecule has 13 heavy (non-hydrogen) atoms. The lowest BCUT2D eigenvalue weighted by atomic mass is 10.1. The lowest BCUT2D eigenvalue weighted by molar-refractivity contribution is 0.0930. The van der Waals surface area contributed by atoms with E-state index in [-0.39, 0.29) is 12.1 Å². The van der Waals surface area contributed by atoms with E-state index in [1.165, 1.54) is 12.8 Å². The largest absolute Gasteiger partial charge is 0.375 e. The molecule has 72 valence electrons. The molecule has 2 fully saturated rings. The third kappa shape index (κ3) is 2.43. The summed E-state index contributed by atoms with van der Waals surface area (Å²) in [7, 11) is 0. The average Bonchev–Trinajstić information content (AvgIpc) is 2.81. The quantitative estimate of drug-likeness (QED) is 0.703. The summed E-state index contributed by atoms with van der Waals surface area (Å²) in [6, 6.07) is 2.21. The number of nitriles is 1. The average molecular weight is 180 g/mol. The third-order valence-corrected chi connectivity index (χ3v) is 2.80. The summed E-state index contributed by atoms with van der Waals surface area (Å²) in [5.74, 6) is 0.831. The van der Waals surface area contributed by atoms with Gasteiger partial charge in [0, 0.05) is 6.61 Å². The van der Waals surface area contributed by atoms with Crippen molar-refractivity contribution in [2.45, 2.75) is 37.8 Å². The van der Waals surface area contributed by atoms with Crippen molar-refractivity contribution in [2.75, 3.05) is 13.2 Å². The van der Waals surface area contributed by atoms with Crippen LogP contribution < -0.4 is 5.32 Å². The van der Waals surface area contributed by atoms with Gasteiger partial charge < -0.3 is 4.74 Å². The van der Waals surface area contributed by atoms with Crippen LogP contribution >= 0.6 is 0 Å². The standard InChI is InChI=1S/C10H16N2O/c11-6-9(10-2-1-5-13-10)12-7-8-3-4-8/h8-10,12H,1-5,7H2. The molecule has 1 aliphatic heterocycles. The van der Waals surface area contributed by atoms with Crippen LogP contribution in [0.4, 0.5) is 0 Å². The zero-order chi connectivity index (χ0) is 9.10. The molecule has 0 amide bonds. The molecule has 0 bridgehead atoms. The number of nitrogens with one attached hydrogen (secondary N) is 1. The van der Waals surface area contributed by atoms with Crippen LogP contribution in [-0.4, -0.2) is 25.3 Å². The summed E-state index contributed by atoms with van der Waals surface area (Å²) < 4.78 is 5.47. The highest BCUT2D eigenvalue weighted by molar-refractivity contribution is 4.98. The van der Waals surface area contributed by atoms with Gasteiger partial charge in [0.15, 0.2) is 0 Å². The smallest absolute Gasteiger partial charge is 0.122 e. The van der Waals surface area contributed by atoms with Crippen molar-refractivity contribution < 1.29 is 4.74 Å². The van der Waals surface area contributed by atoms with Crippen molar-refractivity contribution in [1.29, 1.82) is 5.26 Å². The molecular formula is C10H16N2O. The van der Waals surface area contributed by atoms with Gasteiger partial charge in [-0.15, -0.1) is 0 Å². The minimum Gasteiger partial charge on any atom is -0.375 e. The maximum atomic E-state index is 8.93. The van der Waals surface area contributed by atoms with Gasteiger partial charge in [-0.3, -0.25) is 5.32 Å². The van der Waals surface area contributed by atoms with Crippen molar-refractivity contribution in [3.8, 4) is 6.07 Å². The van der Waals surface area contributed by atoms with E-state index in [9.17, 15) is 0 Å². The molecule has 2 atom stereocenters. The highest BCUT2D eigenvalue weighted by atomic mass is 16.5. The Kier molecular flexibility index (Phi) is 2.82. The Labute approximate surface area is 79.1 Å². The first-order valence-electron chi connectivity index (χ1n) is 5.15. The zero-order valence-electron chi connectivity index (χ0n) is 7.83. The predicted molar refractivity (Wildman–Crippen MR) is 49.1 cm³/mol. The summed E-state index contributed by atoms with van der Waals surface area (Å²) in [4.78, 5) is 0. The van der Waals surface area contributed by atoms with Crippen LogP contribution in [0.2, 0.25) is 0 Å². The van der Waals surface area contributed by atoms with E-state index in [1.807, 2.05) is 0 Å². The molecule has 1 saturated heterocycles. The molecule has 0 aromatic heterocycles. The summed E-state index contributed by atoms with van der Waals surface area (Å²) in [6.45, 7) is 1.83. The molecule has 3 heteroatoms. The summed E-state index contributed by atoms with van der Waals surface area (Å²) in [5, 5.41) is 12.2. The SMILES string of the molecule is N#CC(NCC1CC1)C1CCCO1. The Morgan fingerprint density at radius 3 is 2.85 bits per heavy atom. The first kappa shape index (κ1) is 8.98. The summed E-state index contributed by atoms with van der Waals surface area (Å²) >= 11 is 0. The van der Waals surface area contributed by atoms with E-state index < -0.39 is 0 Å². The Balaban J connectivity index is 1.74. The molecule has 0 radical (unpaired) electrons.